The van der Waals surface area contributed by atoms with Crippen LogP contribution in [-0.4, -0.2) is 28.4 Å². The van der Waals surface area contributed by atoms with Crippen LogP contribution < -0.4 is 5.32 Å². The number of anilines is 1. The monoisotopic (exact) mass is 598 g/mol. The topological polar surface area (TPSA) is 66.5 Å². The molecule has 3 heterocycles. The first-order valence-electron chi connectivity index (χ1n) is 13.1. The second-order valence-corrected chi connectivity index (χ2v) is 11.7. The third-order valence-corrected chi connectivity index (χ3v) is 9.25. The molecule has 0 bridgehead atoms. The zero-order chi connectivity index (χ0) is 28.5. The maximum atomic E-state index is 14.8. The number of rotatable bonds is 4. The van der Waals surface area contributed by atoms with Gasteiger partial charge in [-0.2, -0.15) is 0 Å². The van der Waals surface area contributed by atoms with Crippen LogP contribution in [0.15, 0.2) is 97.2 Å². The Morgan fingerprint density at radius 3 is 2.29 bits per heavy atom. The van der Waals surface area contributed by atoms with Gasteiger partial charge in [0.25, 0.3) is 0 Å². The summed E-state index contributed by atoms with van der Waals surface area (Å²) in [6.07, 6.45) is 3.75. The Labute approximate surface area is 251 Å². The van der Waals surface area contributed by atoms with Gasteiger partial charge in [0.2, 0.25) is 5.91 Å². The summed E-state index contributed by atoms with van der Waals surface area (Å²) in [6.45, 7) is 0. The Kier molecular flexibility index (Phi) is 6.09. The van der Waals surface area contributed by atoms with E-state index in [1.54, 1.807) is 36.4 Å². The van der Waals surface area contributed by atoms with E-state index in [-0.39, 0.29) is 22.3 Å². The van der Waals surface area contributed by atoms with Gasteiger partial charge in [0.15, 0.2) is 11.6 Å². The van der Waals surface area contributed by atoms with E-state index >= 15 is 0 Å². The van der Waals surface area contributed by atoms with Crippen molar-refractivity contribution in [1.82, 2.24) is 4.90 Å². The molecule has 0 saturated carbocycles. The van der Waals surface area contributed by atoms with E-state index in [9.17, 15) is 14.4 Å². The summed E-state index contributed by atoms with van der Waals surface area (Å²) in [4.78, 5) is 45.7. The normalized spacial score (nSPS) is 23.6. The number of carbonyl (C=O) groups excluding carboxylic acids is 3. The highest BCUT2D eigenvalue weighted by molar-refractivity contribution is 6.37. The Morgan fingerprint density at radius 1 is 0.805 bits per heavy atom. The molecule has 5 nitrogen and oxygen atoms in total. The Bertz CT molecular complexity index is 1800. The highest BCUT2D eigenvalue weighted by atomic mass is 35.5. The van der Waals surface area contributed by atoms with E-state index in [1.165, 1.54) is 6.07 Å². The number of hydrogen-bond acceptors (Lipinski definition) is 4. The Morgan fingerprint density at radius 2 is 1.51 bits per heavy atom. The van der Waals surface area contributed by atoms with Crippen LogP contribution in [0.1, 0.15) is 43.4 Å². The summed E-state index contributed by atoms with van der Waals surface area (Å²) in [5.41, 5.74) is 2.19. The number of halogens is 3. The number of Topliss-reactive ketones (excluding diaryl/α,β-unsaturated/α-hetero) is 2. The predicted octanol–water partition coefficient (Wildman–Crippen LogP) is 7.63. The maximum absolute atomic E-state index is 14.8. The largest absolute Gasteiger partial charge is 0.358 e. The average Bonchev–Trinajstić information content (AvgIpc) is 3.45. The second kappa shape index (κ2) is 9.59. The first kappa shape index (κ1) is 26.0. The van der Waals surface area contributed by atoms with Crippen molar-refractivity contribution >= 4 is 64.0 Å². The summed E-state index contributed by atoms with van der Waals surface area (Å²) in [5, 5.41) is 4.05. The van der Waals surface area contributed by atoms with Gasteiger partial charge < -0.3 is 10.2 Å². The van der Waals surface area contributed by atoms with Crippen molar-refractivity contribution in [3.05, 3.63) is 140 Å². The summed E-state index contributed by atoms with van der Waals surface area (Å²) in [7, 11) is 0. The molecule has 4 atom stereocenters. The van der Waals surface area contributed by atoms with Crippen LogP contribution in [0, 0.1) is 5.92 Å². The first-order chi connectivity index (χ1) is 19.8. The lowest BCUT2D eigenvalue weighted by atomic mass is 9.62. The Balaban J connectivity index is 1.54. The molecule has 1 fully saturated rings. The SMILES string of the molecule is O=C(c1ccc(Cl)cc1)[C@@H]1[C@@H](C(=O)c2ccc(Cl)cc2Cl)[C@@]2(C(=O)Nc3ccccc32)[C@H]2c3ccccc3C=CN12. The smallest absolute Gasteiger partial charge is 0.238 e. The summed E-state index contributed by atoms with van der Waals surface area (Å²) in [5.74, 6) is -2.18. The minimum Gasteiger partial charge on any atom is -0.358 e. The van der Waals surface area contributed by atoms with E-state index in [2.05, 4.69) is 5.32 Å². The molecular formula is C33H21Cl3N2O3. The summed E-state index contributed by atoms with van der Waals surface area (Å²) in [6, 6.07) is 24.7. The second-order valence-electron chi connectivity index (χ2n) is 10.4. The van der Waals surface area contributed by atoms with Crippen LogP contribution in [0.4, 0.5) is 5.69 Å². The van der Waals surface area contributed by atoms with Gasteiger partial charge in [0.05, 0.1) is 17.0 Å². The van der Waals surface area contributed by atoms with Gasteiger partial charge in [0.1, 0.15) is 11.5 Å². The molecule has 41 heavy (non-hydrogen) atoms. The fraction of sp³-hybridized carbons (Fsp3) is 0.121. The molecule has 1 amide bonds. The lowest BCUT2D eigenvalue weighted by Crippen LogP contribution is -2.49. The quantitative estimate of drug-likeness (QED) is 0.245. The van der Waals surface area contributed by atoms with E-state index in [0.29, 0.717) is 26.9 Å². The van der Waals surface area contributed by atoms with E-state index < -0.39 is 29.2 Å². The molecule has 0 unspecified atom stereocenters. The number of ketones is 2. The lowest BCUT2D eigenvalue weighted by Gasteiger charge is -2.38. The minimum atomic E-state index is -1.44. The third kappa shape index (κ3) is 3.73. The highest BCUT2D eigenvalue weighted by Gasteiger charge is 2.70. The predicted molar refractivity (Wildman–Crippen MR) is 161 cm³/mol. The summed E-state index contributed by atoms with van der Waals surface area (Å²) < 4.78 is 0. The molecule has 7 rings (SSSR count). The third-order valence-electron chi connectivity index (χ3n) is 8.45. The maximum Gasteiger partial charge on any atom is 0.238 e. The highest BCUT2D eigenvalue weighted by Crippen LogP contribution is 2.62. The van der Waals surface area contributed by atoms with Crippen molar-refractivity contribution in [3.8, 4) is 0 Å². The molecule has 8 heteroatoms. The summed E-state index contributed by atoms with van der Waals surface area (Å²) >= 11 is 18.9. The lowest BCUT2D eigenvalue weighted by molar-refractivity contribution is -0.122. The van der Waals surface area contributed by atoms with E-state index in [0.717, 1.165) is 11.1 Å². The van der Waals surface area contributed by atoms with Crippen molar-refractivity contribution < 1.29 is 14.4 Å². The standard InChI is InChI=1S/C33H21Cl3N2O3/c34-20-11-9-19(10-12-20)29(39)28-27(30(40)23-14-13-21(35)17-25(23)36)33(24-7-3-4-8-26(24)37-32(33)41)31-22-6-2-1-5-18(22)15-16-38(28)31/h1-17,27-28,31H,(H,37,41)/t27-,28-,31+,33+/m0/s1. The van der Waals surface area contributed by atoms with Gasteiger partial charge in [-0.3, -0.25) is 14.4 Å². The number of fused-ring (bicyclic) bond motifs is 6. The molecule has 1 N–H and O–H groups in total. The number of amides is 1. The molecule has 4 aromatic carbocycles. The van der Waals surface area contributed by atoms with Crippen LogP contribution in [0.2, 0.25) is 15.1 Å². The first-order valence-corrected chi connectivity index (χ1v) is 14.2. The molecule has 4 aromatic rings. The molecule has 1 spiro atoms. The van der Waals surface area contributed by atoms with Crippen molar-refractivity contribution in [1.29, 1.82) is 0 Å². The number of nitrogens with one attached hydrogen (secondary N) is 1. The molecule has 0 aliphatic carbocycles. The van der Waals surface area contributed by atoms with Gasteiger partial charge in [-0.15, -0.1) is 0 Å². The van der Waals surface area contributed by atoms with Crippen LogP contribution in [0.25, 0.3) is 6.08 Å². The van der Waals surface area contributed by atoms with Crippen LogP contribution >= 0.6 is 34.8 Å². The zero-order valence-electron chi connectivity index (χ0n) is 21.4. The van der Waals surface area contributed by atoms with Gasteiger partial charge in [0, 0.05) is 33.1 Å². The van der Waals surface area contributed by atoms with Crippen molar-refractivity contribution in [2.45, 2.75) is 17.5 Å². The van der Waals surface area contributed by atoms with Crippen LogP contribution in [-0.2, 0) is 10.2 Å². The molecule has 3 aliphatic heterocycles. The van der Waals surface area contributed by atoms with Crippen LogP contribution in [0.5, 0.6) is 0 Å². The number of para-hydroxylation sites is 1. The Hall–Kier alpha value is -3.90. The molecule has 1 saturated heterocycles. The van der Waals surface area contributed by atoms with Gasteiger partial charge in [-0.05, 0) is 71.3 Å². The van der Waals surface area contributed by atoms with E-state index in [1.807, 2.05) is 65.7 Å². The van der Waals surface area contributed by atoms with Crippen molar-refractivity contribution in [2.75, 3.05) is 5.32 Å². The minimum absolute atomic E-state index is 0.155. The number of carbonyl (C=O) groups is 3. The molecule has 0 aromatic heterocycles. The number of benzene rings is 4. The van der Waals surface area contributed by atoms with Crippen molar-refractivity contribution in [2.24, 2.45) is 5.92 Å². The number of hydrogen-bond donors (Lipinski definition) is 1. The van der Waals surface area contributed by atoms with Gasteiger partial charge in [-0.1, -0.05) is 77.3 Å². The average molecular weight is 600 g/mol. The van der Waals surface area contributed by atoms with Gasteiger partial charge in [-0.25, -0.2) is 0 Å². The molecule has 3 aliphatic rings. The van der Waals surface area contributed by atoms with Gasteiger partial charge >= 0.3 is 0 Å². The van der Waals surface area contributed by atoms with Crippen LogP contribution in [0.3, 0.4) is 0 Å². The fourth-order valence-corrected chi connectivity index (χ4v) is 7.44. The molecular weight excluding hydrogens is 579 g/mol. The van der Waals surface area contributed by atoms with E-state index in [4.69, 9.17) is 34.8 Å². The molecule has 0 radical (unpaired) electrons. The number of nitrogens with zero attached hydrogens (tertiary/aromatic N) is 1. The van der Waals surface area contributed by atoms with Crippen molar-refractivity contribution in [3.63, 3.8) is 0 Å². The fourth-order valence-electron chi connectivity index (χ4n) is 6.81. The zero-order valence-corrected chi connectivity index (χ0v) is 23.6. The molecule has 202 valence electrons.